The van der Waals surface area contributed by atoms with Crippen LogP contribution < -0.4 is 15.5 Å². The summed E-state index contributed by atoms with van der Waals surface area (Å²) in [6, 6.07) is 7.41. The normalized spacial score (nSPS) is 25.5. The zero-order valence-corrected chi connectivity index (χ0v) is 16.2. The van der Waals surface area contributed by atoms with Gasteiger partial charge in [-0.15, -0.1) is 0 Å². The van der Waals surface area contributed by atoms with Gasteiger partial charge >= 0.3 is 6.03 Å². The third-order valence-electron chi connectivity index (χ3n) is 5.41. The average Bonchev–Trinajstić information content (AvgIpc) is 2.60. The molecule has 0 radical (unpaired) electrons. The molecule has 3 rings (SSSR count). The first-order chi connectivity index (χ1) is 12.4. The monoisotopic (exact) mass is 379 g/mol. The first-order valence-electron chi connectivity index (χ1n) is 9.51. The van der Waals surface area contributed by atoms with Gasteiger partial charge < -0.3 is 15.5 Å². The maximum Gasteiger partial charge on any atom is 0.319 e. The Hall–Kier alpha value is -1.76. The molecular formula is C19H29N3O3S. The van der Waals surface area contributed by atoms with Crippen LogP contribution in [0.3, 0.4) is 0 Å². The summed E-state index contributed by atoms with van der Waals surface area (Å²) in [4.78, 5) is 14.2. The van der Waals surface area contributed by atoms with E-state index in [1.54, 1.807) is 0 Å². The van der Waals surface area contributed by atoms with E-state index >= 15 is 0 Å². The van der Waals surface area contributed by atoms with Crippen LogP contribution >= 0.6 is 0 Å². The molecule has 7 heteroatoms. The van der Waals surface area contributed by atoms with Crippen LogP contribution in [-0.4, -0.2) is 45.6 Å². The van der Waals surface area contributed by atoms with Gasteiger partial charge in [-0.1, -0.05) is 25.8 Å². The standard InChI is InChI=1S/C19H29N3O3S/c1-15-4-2-5-16(12-15)14-20-19(23)21-17-6-3-7-18(13-17)22-8-10-26(24,25)11-9-22/h3,6-7,13,15-16H,2,4-5,8-12,14H2,1H3,(H2,20,21,23)/t15-,16+/m0/s1. The second-order valence-corrected chi connectivity index (χ2v) is 9.97. The van der Waals surface area contributed by atoms with Crippen molar-refractivity contribution in [1.82, 2.24) is 5.32 Å². The Kier molecular flexibility index (Phi) is 6.06. The molecular weight excluding hydrogens is 350 g/mol. The number of hydrogen-bond donors (Lipinski definition) is 2. The van der Waals surface area contributed by atoms with Crippen molar-refractivity contribution in [2.45, 2.75) is 32.6 Å². The highest BCUT2D eigenvalue weighted by Crippen LogP contribution is 2.28. The summed E-state index contributed by atoms with van der Waals surface area (Å²) < 4.78 is 23.1. The Balaban J connectivity index is 1.51. The first-order valence-corrected chi connectivity index (χ1v) is 11.3. The minimum atomic E-state index is -2.90. The fraction of sp³-hybridized carbons (Fsp3) is 0.632. The summed E-state index contributed by atoms with van der Waals surface area (Å²) in [6.07, 6.45) is 4.93. The Morgan fingerprint density at radius 3 is 2.73 bits per heavy atom. The largest absolute Gasteiger partial charge is 0.369 e. The molecule has 1 aliphatic carbocycles. The molecule has 26 heavy (non-hydrogen) atoms. The van der Waals surface area contributed by atoms with Crippen LogP contribution in [0, 0.1) is 11.8 Å². The Morgan fingerprint density at radius 2 is 2.00 bits per heavy atom. The van der Waals surface area contributed by atoms with E-state index in [0.717, 1.165) is 23.8 Å². The smallest absolute Gasteiger partial charge is 0.319 e. The number of nitrogens with one attached hydrogen (secondary N) is 2. The summed E-state index contributed by atoms with van der Waals surface area (Å²) in [7, 11) is -2.90. The third-order valence-corrected chi connectivity index (χ3v) is 7.02. The van der Waals surface area contributed by atoms with Crippen molar-refractivity contribution < 1.29 is 13.2 Å². The molecule has 2 atom stereocenters. The lowest BCUT2D eigenvalue weighted by molar-refractivity contribution is 0.241. The van der Waals surface area contributed by atoms with Gasteiger partial charge in [0, 0.05) is 31.0 Å². The second-order valence-electron chi connectivity index (χ2n) is 7.66. The van der Waals surface area contributed by atoms with Crippen LogP contribution in [0.25, 0.3) is 0 Å². The SMILES string of the molecule is C[C@H]1CCC[C@@H](CNC(=O)Nc2cccc(N3CCS(=O)(=O)CC3)c2)C1. The van der Waals surface area contributed by atoms with Crippen LogP contribution in [0.4, 0.5) is 16.2 Å². The van der Waals surface area contributed by atoms with E-state index in [1.165, 1.54) is 25.7 Å². The van der Waals surface area contributed by atoms with Gasteiger partial charge in [-0.2, -0.15) is 0 Å². The van der Waals surface area contributed by atoms with Gasteiger partial charge in [-0.25, -0.2) is 13.2 Å². The van der Waals surface area contributed by atoms with Crippen molar-refractivity contribution in [3.05, 3.63) is 24.3 Å². The predicted molar refractivity (Wildman–Crippen MR) is 105 cm³/mol. The second kappa shape index (κ2) is 8.29. The molecule has 1 saturated heterocycles. The molecule has 1 saturated carbocycles. The van der Waals surface area contributed by atoms with E-state index in [9.17, 15) is 13.2 Å². The van der Waals surface area contributed by atoms with Crippen LogP contribution in [0.15, 0.2) is 24.3 Å². The van der Waals surface area contributed by atoms with Gasteiger partial charge in [0.25, 0.3) is 0 Å². The highest BCUT2D eigenvalue weighted by Gasteiger charge is 2.22. The number of carbonyl (C=O) groups is 1. The van der Waals surface area contributed by atoms with Crippen molar-refractivity contribution in [2.75, 3.05) is 41.4 Å². The first kappa shape index (κ1) is 19.0. The molecule has 0 bridgehead atoms. The summed E-state index contributed by atoms with van der Waals surface area (Å²) in [5.41, 5.74) is 1.67. The van der Waals surface area contributed by atoms with E-state index in [1.807, 2.05) is 29.2 Å². The van der Waals surface area contributed by atoms with Gasteiger partial charge in [-0.3, -0.25) is 0 Å². The number of carbonyl (C=O) groups excluding carboxylic acids is 1. The van der Waals surface area contributed by atoms with E-state index in [-0.39, 0.29) is 17.5 Å². The lowest BCUT2D eigenvalue weighted by Gasteiger charge is -2.29. The number of anilines is 2. The highest BCUT2D eigenvalue weighted by atomic mass is 32.2. The lowest BCUT2D eigenvalue weighted by atomic mass is 9.82. The van der Waals surface area contributed by atoms with E-state index in [0.29, 0.717) is 19.0 Å². The van der Waals surface area contributed by atoms with Crippen molar-refractivity contribution in [3.8, 4) is 0 Å². The minimum Gasteiger partial charge on any atom is -0.369 e. The molecule has 1 heterocycles. The molecule has 2 fully saturated rings. The average molecular weight is 380 g/mol. The molecule has 1 aromatic rings. The molecule has 2 amide bonds. The van der Waals surface area contributed by atoms with Gasteiger partial charge in [0.1, 0.15) is 0 Å². The summed E-state index contributed by atoms with van der Waals surface area (Å²) in [6.45, 7) is 4.00. The lowest BCUT2D eigenvalue weighted by Crippen LogP contribution is -2.40. The quantitative estimate of drug-likeness (QED) is 0.843. The zero-order chi connectivity index (χ0) is 18.6. The van der Waals surface area contributed by atoms with E-state index in [2.05, 4.69) is 17.6 Å². The number of urea groups is 1. The molecule has 0 unspecified atom stereocenters. The Morgan fingerprint density at radius 1 is 1.23 bits per heavy atom. The van der Waals surface area contributed by atoms with Crippen molar-refractivity contribution in [1.29, 1.82) is 0 Å². The fourth-order valence-electron chi connectivity index (χ4n) is 3.91. The topological polar surface area (TPSA) is 78.5 Å². The molecule has 1 aromatic carbocycles. The summed E-state index contributed by atoms with van der Waals surface area (Å²) >= 11 is 0. The van der Waals surface area contributed by atoms with Crippen LogP contribution in [0.5, 0.6) is 0 Å². The highest BCUT2D eigenvalue weighted by molar-refractivity contribution is 7.91. The predicted octanol–water partition coefficient (Wildman–Crippen LogP) is 2.87. The van der Waals surface area contributed by atoms with E-state index < -0.39 is 9.84 Å². The minimum absolute atomic E-state index is 0.179. The van der Waals surface area contributed by atoms with Crippen LogP contribution in [-0.2, 0) is 9.84 Å². The molecule has 0 spiro atoms. The molecule has 6 nitrogen and oxygen atoms in total. The van der Waals surface area contributed by atoms with Crippen LogP contribution in [0.2, 0.25) is 0 Å². The number of benzene rings is 1. The van der Waals surface area contributed by atoms with Gasteiger partial charge in [-0.05, 0) is 42.9 Å². The maximum atomic E-state index is 12.2. The number of sulfone groups is 1. The number of nitrogens with zero attached hydrogens (tertiary/aromatic N) is 1. The van der Waals surface area contributed by atoms with Gasteiger partial charge in [0.05, 0.1) is 11.5 Å². The number of hydrogen-bond acceptors (Lipinski definition) is 4. The van der Waals surface area contributed by atoms with Crippen molar-refractivity contribution >= 4 is 27.2 Å². The molecule has 2 N–H and O–H groups in total. The molecule has 0 aromatic heterocycles. The molecule has 2 aliphatic rings. The zero-order valence-electron chi connectivity index (χ0n) is 15.4. The fourth-order valence-corrected chi connectivity index (χ4v) is 5.11. The number of rotatable bonds is 4. The Bertz CT molecular complexity index is 721. The van der Waals surface area contributed by atoms with E-state index in [4.69, 9.17) is 0 Å². The third kappa shape index (κ3) is 5.37. The van der Waals surface area contributed by atoms with Crippen molar-refractivity contribution in [2.24, 2.45) is 11.8 Å². The Labute approximate surface area is 156 Å². The summed E-state index contributed by atoms with van der Waals surface area (Å²) in [5, 5.41) is 5.88. The van der Waals surface area contributed by atoms with Crippen LogP contribution in [0.1, 0.15) is 32.6 Å². The maximum absolute atomic E-state index is 12.2. The van der Waals surface area contributed by atoms with Crippen molar-refractivity contribution in [3.63, 3.8) is 0 Å². The molecule has 144 valence electrons. The van der Waals surface area contributed by atoms with Gasteiger partial charge in [0.15, 0.2) is 9.84 Å². The molecule has 1 aliphatic heterocycles. The van der Waals surface area contributed by atoms with Gasteiger partial charge in [0.2, 0.25) is 0 Å². The summed E-state index contributed by atoms with van der Waals surface area (Å²) in [5.74, 6) is 1.70. The number of amides is 2.